The van der Waals surface area contributed by atoms with E-state index < -0.39 is 28.8 Å². The van der Waals surface area contributed by atoms with Crippen LogP contribution in [0, 0.1) is 22.9 Å². The predicted molar refractivity (Wildman–Crippen MR) is 173 cm³/mol. The van der Waals surface area contributed by atoms with Gasteiger partial charge in [-0.15, -0.1) is 0 Å². The number of rotatable bonds is 10. The number of amides is 1. The molecule has 5 aromatic rings. The zero-order chi connectivity index (χ0) is 33.0. The largest absolute Gasteiger partial charge is 0.496 e. The van der Waals surface area contributed by atoms with E-state index in [0.29, 0.717) is 22.2 Å². The number of nitrogens with zero attached hydrogens (tertiary/aromatic N) is 4. The third kappa shape index (κ3) is 6.75. The molecule has 0 radical (unpaired) electrons. The van der Waals surface area contributed by atoms with Crippen molar-refractivity contribution in [3.63, 3.8) is 0 Å². The maximum absolute atomic E-state index is 13.8. The van der Waals surface area contributed by atoms with E-state index in [1.54, 1.807) is 31.4 Å². The molecule has 1 aromatic heterocycles. The van der Waals surface area contributed by atoms with Gasteiger partial charge in [0, 0.05) is 28.9 Å². The molecule has 11 nitrogen and oxygen atoms in total. The number of para-hydroxylation sites is 1. The predicted octanol–water partition coefficient (Wildman–Crippen LogP) is 6.45. The molecule has 0 saturated heterocycles. The summed E-state index contributed by atoms with van der Waals surface area (Å²) >= 11 is 0. The van der Waals surface area contributed by atoms with E-state index >= 15 is 0 Å². The molecule has 0 bridgehead atoms. The molecule has 4 aromatic carbocycles. The summed E-state index contributed by atoms with van der Waals surface area (Å²) in [5.41, 5.74) is 2.48. The number of hydrogen-bond donors (Lipinski definition) is 1. The molecule has 0 aliphatic carbocycles. The third-order valence-electron chi connectivity index (χ3n) is 7.18. The summed E-state index contributed by atoms with van der Waals surface area (Å²) in [5, 5.41) is 18.9. The molecule has 0 unspecified atom stereocenters. The molecular formula is C34H30FN5O6. The number of halogens is 1. The van der Waals surface area contributed by atoms with Crippen LogP contribution in [-0.2, 0) is 4.79 Å². The summed E-state index contributed by atoms with van der Waals surface area (Å²) in [7, 11) is 1.60. The standard InChI is InChI=1S/C34H30FN5O6/c1-20(2)27-17-28(21(3)14-31(27)45-4)33-38-29-11-6-5-10-26(29)34(42)39(33)36-18-22-15-25(40(43)44)12-13-30(22)46-19-32(41)37-24-9-7-8-23(35)16-24/h5-18,20H,19H2,1-4H3,(H,37,41). The number of aryl methyl sites for hydroxylation is 1. The maximum atomic E-state index is 13.8. The fraction of sp³-hybridized carbons (Fsp3) is 0.176. The van der Waals surface area contributed by atoms with Crippen molar-refractivity contribution in [3.05, 3.63) is 122 Å². The van der Waals surface area contributed by atoms with Gasteiger partial charge >= 0.3 is 0 Å². The monoisotopic (exact) mass is 623 g/mol. The lowest BCUT2D eigenvalue weighted by atomic mass is 9.96. The van der Waals surface area contributed by atoms with Crippen LogP contribution in [0.5, 0.6) is 11.5 Å². The number of anilines is 1. The van der Waals surface area contributed by atoms with Crippen LogP contribution in [0.3, 0.4) is 0 Å². The SMILES string of the molecule is COc1cc(C)c(-c2nc3ccccc3c(=O)n2N=Cc2cc([N+](=O)[O-])ccc2OCC(=O)Nc2cccc(F)c2)cc1C(C)C. The van der Waals surface area contributed by atoms with Crippen LogP contribution in [-0.4, -0.2) is 40.4 Å². The maximum Gasteiger partial charge on any atom is 0.282 e. The average Bonchev–Trinajstić information content (AvgIpc) is 3.03. The Morgan fingerprint density at radius 3 is 2.59 bits per heavy atom. The van der Waals surface area contributed by atoms with Crippen LogP contribution in [0.2, 0.25) is 0 Å². The van der Waals surface area contributed by atoms with Crippen molar-refractivity contribution in [2.45, 2.75) is 26.7 Å². The van der Waals surface area contributed by atoms with Crippen molar-refractivity contribution < 1.29 is 23.6 Å². The van der Waals surface area contributed by atoms with Gasteiger partial charge in [-0.1, -0.05) is 32.0 Å². The molecule has 5 rings (SSSR count). The van der Waals surface area contributed by atoms with Gasteiger partial charge in [0.1, 0.15) is 17.3 Å². The fourth-order valence-corrected chi connectivity index (χ4v) is 4.88. The van der Waals surface area contributed by atoms with Gasteiger partial charge in [0.2, 0.25) is 0 Å². The summed E-state index contributed by atoms with van der Waals surface area (Å²) in [5.74, 6) is 0.0465. The highest BCUT2D eigenvalue weighted by molar-refractivity contribution is 5.92. The molecule has 0 atom stereocenters. The molecule has 1 amide bonds. The number of carbonyl (C=O) groups excluding carboxylic acids is 1. The summed E-state index contributed by atoms with van der Waals surface area (Å²) in [6.45, 7) is 5.44. The highest BCUT2D eigenvalue weighted by Gasteiger charge is 2.19. The number of nitro benzene ring substituents is 1. The minimum Gasteiger partial charge on any atom is -0.496 e. The van der Waals surface area contributed by atoms with Gasteiger partial charge in [-0.05, 0) is 72.5 Å². The Hall–Kier alpha value is -5.91. The van der Waals surface area contributed by atoms with E-state index in [0.717, 1.165) is 21.9 Å². The van der Waals surface area contributed by atoms with Crippen LogP contribution < -0.4 is 20.3 Å². The number of nitro groups is 1. The zero-order valence-corrected chi connectivity index (χ0v) is 25.5. The number of methoxy groups -OCH3 is 1. The molecule has 0 aliphatic heterocycles. The van der Waals surface area contributed by atoms with E-state index in [9.17, 15) is 24.1 Å². The normalized spacial score (nSPS) is 11.3. The Morgan fingerprint density at radius 1 is 1.09 bits per heavy atom. The van der Waals surface area contributed by atoms with Gasteiger partial charge in [0.15, 0.2) is 12.4 Å². The lowest BCUT2D eigenvalue weighted by Crippen LogP contribution is -2.21. The molecule has 234 valence electrons. The fourth-order valence-electron chi connectivity index (χ4n) is 4.88. The van der Waals surface area contributed by atoms with Gasteiger partial charge in [0.25, 0.3) is 17.2 Å². The number of nitrogens with one attached hydrogen (secondary N) is 1. The molecule has 46 heavy (non-hydrogen) atoms. The minimum atomic E-state index is -0.583. The summed E-state index contributed by atoms with van der Waals surface area (Å²) in [4.78, 5) is 42.2. The molecule has 0 spiro atoms. The number of benzene rings is 4. The number of aromatic nitrogens is 2. The second kappa shape index (κ2) is 13.4. The number of ether oxygens (including phenoxy) is 2. The number of non-ortho nitro benzene ring substituents is 1. The molecule has 1 heterocycles. The number of fused-ring (bicyclic) bond motifs is 1. The number of hydrogen-bond acceptors (Lipinski definition) is 8. The third-order valence-corrected chi connectivity index (χ3v) is 7.18. The van der Waals surface area contributed by atoms with Crippen molar-refractivity contribution in [1.29, 1.82) is 0 Å². The molecule has 0 aliphatic rings. The van der Waals surface area contributed by atoms with E-state index in [-0.39, 0.29) is 34.4 Å². The molecule has 0 saturated carbocycles. The smallest absolute Gasteiger partial charge is 0.282 e. The minimum absolute atomic E-state index is 0.0924. The first-order valence-electron chi connectivity index (χ1n) is 14.3. The quantitative estimate of drug-likeness (QED) is 0.107. The van der Waals surface area contributed by atoms with Crippen molar-refractivity contribution in [3.8, 4) is 22.9 Å². The Kier molecular flexibility index (Phi) is 9.17. The van der Waals surface area contributed by atoms with E-state index in [4.69, 9.17) is 14.5 Å². The van der Waals surface area contributed by atoms with Gasteiger partial charge in [-0.25, -0.2) is 9.37 Å². The Morgan fingerprint density at radius 2 is 1.87 bits per heavy atom. The van der Waals surface area contributed by atoms with Crippen LogP contribution >= 0.6 is 0 Å². The summed E-state index contributed by atoms with van der Waals surface area (Å²) < 4.78 is 26.0. The molecule has 1 N–H and O–H groups in total. The molecule has 12 heteroatoms. The van der Waals surface area contributed by atoms with Crippen molar-refractivity contribution in [2.24, 2.45) is 5.10 Å². The Labute approximate surface area is 263 Å². The molecule has 0 fully saturated rings. The van der Waals surface area contributed by atoms with Crippen LogP contribution in [0.4, 0.5) is 15.8 Å². The summed E-state index contributed by atoms with van der Waals surface area (Å²) in [6.07, 6.45) is 1.25. The Bertz CT molecular complexity index is 2060. The van der Waals surface area contributed by atoms with Crippen molar-refractivity contribution >= 4 is 34.4 Å². The Balaban J connectivity index is 1.58. The van der Waals surface area contributed by atoms with E-state index in [1.807, 2.05) is 32.9 Å². The second-order valence-electron chi connectivity index (χ2n) is 10.7. The van der Waals surface area contributed by atoms with Crippen molar-refractivity contribution in [2.75, 3.05) is 19.0 Å². The van der Waals surface area contributed by atoms with Crippen LogP contribution in [0.15, 0.2) is 88.8 Å². The first kappa shape index (κ1) is 31.5. The van der Waals surface area contributed by atoms with Gasteiger partial charge < -0.3 is 14.8 Å². The van der Waals surface area contributed by atoms with Gasteiger partial charge in [0.05, 0.1) is 29.2 Å². The van der Waals surface area contributed by atoms with E-state index in [1.165, 1.54) is 42.6 Å². The summed E-state index contributed by atoms with van der Waals surface area (Å²) in [6, 6.07) is 19.8. The van der Waals surface area contributed by atoms with Gasteiger partial charge in [-0.2, -0.15) is 9.78 Å². The lowest BCUT2D eigenvalue weighted by Gasteiger charge is -2.17. The molecular weight excluding hydrogens is 593 g/mol. The zero-order valence-electron chi connectivity index (χ0n) is 25.5. The van der Waals surface area contributed by atoms with Gasteiger partial charge in [-0.3, -0.25) is 19.7 Å². The van der Waals surface area contributed by atoms with Crippen LogP contribution in [0.1, 0.15) is 36.5 Å². The topological polar surface area (TPSA) is 138 Å². The average molecular weight is 624 g/mol. The van der Waals surface area contributed by atoms with Crippen molar-refractivity contribution in [1.82, 2.24) is 9.66 Å². The van der Waals surface area contributed by atoms with Crippen LogP contribution in [0.25, 0.3) is 22.3 Å². The second-order valence-corrected chi connectivity index (χ2v) is 10.7. The lowest BCUT2D eigenvalue weighted by molar-refractivity contribution is -0.384. The first-order chi connectivity index (χ1) is 22.0. The first-order valence-corrected chi connectivity index (χ1v) is 14.3. The highest BCUT2D eigenvalue weighted by atomic mass is 19.1. The highest BCUT2D eigenvalue weighted by Crippen LogP contribution is 2.34. The van der Waals surface area contributed by atoms with E-state index in [2.05, 4.69) is 10.4 Å². The number of carbonyl (C=O) groups is 1.